The van der Waals surface area contributed by atoms with Crippen LogP contribution in [0.3, 0.4) is 0 Å². The van der Waals surface area contributed by atoms with Crippen molar-refractivity contribution in [2.45, 2.75) is 12.6 Å². The fraction of sp³-hybridized carbons (Fsp3) is 0.450. The highest BCUT2D eigenvalue weighted by Crippen LogP contribution is 2.17. The molecule has 1 aliphatic rings. The minimum absolute atomic E-state index is 0.292. The number of β-amino-alcohol motifs (C(OH)–C–C–N with tert-alkyl or cyclic N) is 1. The van der Waals surface area contributed by atoms with Crippen molar-refractivity contribution in [1.29, 1.82) is 0 Å². The summed E-state index contributed by atoms with van der Waals surface area (Å²) in [5, 5.41) is 10.2. The van der Waals surface area contributed by atoms with Crippen LogP contribution in [0.1, 0.15) is 5.69 Å². The second kappa shape index (κ2) is 9.52. The Balaban J connectivity index is 1.35. The van der Waals surface area contributed by atoms with Crippen LogP contribution in [0.2, 0.25) is 0 Å². The van der Waals surface area contributed by atoms with Crippen molar-refractivity contribution in [3.63, 3.8) is 0 Å². The highest BCUT2D eigenvalue weighted by Gasteiger charge is 2.19. The van der Waals surface area contributed by atoms with Crippen molar-refractivity contribution in [2.24, 2.45) is 0 Å². The first-order valence-electron chi connectivity index (χ1n) is 9.02. The van der Waals surface area contributed by atoms with E-state index in [1.165, 1.54) is 0 Å². The Morgan fingerprint density at radius 1 is 1.00 bits per heavy atom. The number of hydrogen-bond acceptors (Lipinski definition) is 6. The molecule has 6 heteroatoms. The molecule has 1 aromatic heterocycles. The summed E-state index contributed by atoms with van der Waals surface area (Å²) in [6, 6.07) is 13.4. The molecule has 1 fully saturated rings. The van der Waals surface area contributed by atoms with Gasteiger partial charge in [0.25, 0.3) is 0 Å². The maximum absolute atomic E-state index is 10.2. The number of piperazine rings is 1. The van der Waals surface area contributed by atoms with E-state index in [1.807, 2.05) is 42.6 Å². The molecule has 0 aliphatic carbocycles. The molecule has 140 valence electrons. The van der Waals surface area contributed by atoms with Gasteiger partial charge in [0.2, 0.25) is 0 Å². The van der Waals surface area contributed by atoms with Crippen LogP contribution in [0.5, 0.6) is 11.5 Å². The van der Waals surface area contributed by atoms with Crippen molar-refractivity contribution >= 4 is 0 Å². The summed E-state index contributed by atoms with van der Waals surface area (Å²) in [4.78, 5) is 9.08. The maximum atomic E-state index is 10.2. The normalized spacial score (nSPS) is 17.0. The van der Waals surface area contributed by atoms with Gasteiger partial charge in [-0.1, -0.05) is 6.07 Å². The predicted octanol–water partition coefficient (Wildman–Crippen LogP) is 1.65. The van der Waals surface area contributed by atoms with E-state index in [4.69, 9.17) is 9.47 Å². The van der Waals surface area contributed by atoms with Crippen LogP contribution >= 0.6 is 0 Å². The maximum Gasteiger partial charge on any atom is 0.119 e. The van der Waals surface area contributed by atoms with E-state index < -0.39 is 6.10 Å². The van der Waals surface area contributed by atoms with Gasteiger partial charge in [-0.3, -0.25) is 14.8 Å². The van der Waals surface area contributed by atoms with E-state index in [9.17, 15) is 5.11 Å². The van der Waals surface area contributed by atoms with Crippen LogP contribution in [0.25, 0.3) is 0 Å². The number of aromatic nitrogens is 1. The molecular formula is C20H27N3O3. The minimum Gasteiger partial charge on any atom is -0.497 e. The highest BCUT2D eigenvalue weighted by atomic mass is 16.5. The zero-order chi connectivity index (χ0) is 18.2. The molecule has 1 atom stereocenters. The number of methoxy groups -OCH3 is 1. The molecule has 1 saturated heterocycles. The predicted molar refractivity (Wildman–Crippen MR) is 100 cm³/mol. The van der Waals surface area contributed by atoms with Gasteiger partial charge in [0.1, 0.15) is 24.2 Å². The lowest BCUT2D eigenvalue weighted by Gasteiger charge is -2.35. The topological polar surface area (TPSA) is 58.1 Å². The van der Waals surface area contributed by atoms with Crippen LogP contribution in [0.4, 0.5) is 0 Å². The Morgan fingerprint density at radius 2 is 1.69 bits per heavy atom. The van der Waals surface area contributed by atoms with Gasteiger partial charge in [0, 0.05) is 45.5 Å². The van der Waals surface area contributed by atoms with Crippen molar-refractivity contribution < 1.29 is 14.6 Å². The Bertz CT molecular complexity index is 643. The van der Waals surface area contributed by atoms with E-state index >= 15 is 0 Å². The number of pyridine rings is 1. The molecule has 0 saturated carbocycles. The summed E-state index contributed by atoms with van der Waals surface area (Å²) in [6.45, 7) is 5.69. The van der Waals surface area contributed by atoms with Crippen molar-refractivity contribution in [2.75, 3.05) is 46.4 Å². The van der Waals surface area contributed by atoms with Crippen LogP contribution in [0.15, 0.2) is 48.7 Å². The Kier molecular flexibility index (Phi) is 6.82. The lowest BCUT2D eigenvalue weighted by Crippen LogP contribution is -2.48. The molecule has 1 aliphatic heterocycles. The average Bonchev–Trinajstić information content (AvgIpc) is 2.69. The fourth-order valence-corrected chi connectivity index (χ4v) is 3.07. The molecule has 0 amide bonds. The van der Waals surface area contributed by atoms with Gasteiger partial charge in [-0.2, -0.15) is 0 Å². The second-order valence-corrected chi connectivity index (χ2v) is 6.54. The summed E-state index contributed by atoms with van der Waals surface area (Å²) in [5.41, 5.74) is 1.11. The van der Waals surface area contributed by atoms with E-state index in [-0.39, 0.29) is 0 Å². The Labute approximate surface area is 155 Å². The summed E-state index contributed by atoms with van der Waals surface area (Å²) >= 11 is 0. The van der Waals surface area contributed by atoms with Crippen LogP contribution < -0.4 is 9.47 Å². The smallest absolute Gasteiger partial charge is 0.119 e. The third-order valence-corrected chi connectivity index (χ3v) is 4.55. The number of hydrogen-bond donors (Lipinski definition) is 1. The molecule has 0 bridgehead atoms. The number of ether oxygens (including phenoxy) is 2. The molecule has 1 N–H and O–H groups in total. The summed E-state index contributed by atoms with van der Waals surface area (Å²) in [5.74, 6) is 1.53. The van der Waals surface area contributed by atoms with Gasteiger partial charge in [-0.05, 0) is 36.4 Å². The number of benzene rings is 1. The van der Waals surface area contributed by atoms with E-state index in [2.05, 4.69) is 20.9 Å². The minimum atomic E-state index is -0.501. The third-order valence-electron chi connectivity index (χ3n) is 4.55. The zero-order valence-corrected chi connectivity index (χ0v) is 15.3. The van der Waals surface area contributed by atoms with Crippen molar-refractivity contribution in [1.82, 2.24) is 14.8 Å². The zero-order valence-electron chi connectivity index (χ0n) is 15.3. The van der Waals surface area contributed by atoms with Crippen molar-refractivity contribution in [3.05, 3.63) is 54.4 Å². The molecule has 1 aromatic carbocycles. The first kappa shape index (κ1) is 18.6. The highest BCUT2D eigenvalue weighted by molar-refractivity contribution is 5.31. The first-order valence-corrected chi connectivity index (χ1v) is 9.02. The van der Waals surface area contributed by atoms with Gasteiger partial charge >= 0.3 is 0 Å². The van der Waals surface area contributed by atoms with Crippen LogP contribution in [-0.2, 0) is 6.54 Å². The van der Waals surface area contributed by atoms with Gasteiger partial charge in [0.05, 0.1) is 12.8 Å². The Morgan fingerprint density at radius 3 is 2.35 bits per heavy atom. The third kappa shape index (κ3) is 5.69. The molecule has 2 heterocycles. The Hall–Kier alpha value is -2.15. The van der Waals surface area contributed by atoms with Gasteiger partial charge in [-0.25, -0.2) is 0 Å². The van der Waals surface area contributed by atoms with Crippen LogP contribution in [-0.4, -0.2) is 72.4 Å². The fourth-order valence-electron chi connectivity index (χ4n) is 3.07. The first-order chi connectivity index (χ1) is 12.7. The number of rotatable bonds is 8. The quantitative estimate of drug-likeness (QED) is 0.775. The molecule has 2 aromatic rings. The molecule has 6 nitrogen and oxygen atoms in total. The lowest BCUT2D eigenvalue weighted by molar-refractivity contribution is 0.0444. The largest absolute Gasteiger partial charge is 0.497 e. The van der Waals surface area contributed by atoms with E-state index in [0.717, 1.165) is 49.9 Å². The molecule has 26 heavy (non-hydrogen) atoms. The molecular weight excluding hydrogens is 330 g/mol. The average molecular weight is 357 g/mol. The van der Waals surface area contributed by atoms with E-state index in [1.54, 1.807) is 7.11 Å². The summed E-state index contributed by atoms with van der Waals surface area (Å²) in [6.07, 6.45) is 1.34. The molecule has 0 radical (unpaired) electrons. The molecule has 3 rings (SSSR count). The lowest BCUT2D eigenvalue weighted by atomic mass is 10.2. The molecule has 0 unspecified atom stereocenters. The SMILES string of the molecule is COc1ccc(OC[C@H](O)CN2CCN(Cc3ccccn3)CC2)cc1. The monoisotopic (exact) mass is 357 g/mol. The second-order valence-electron chi connectivity index (χ2n) is 6.54. The van der Waals surface area contributed by atoms with E-state index in [0.29, 0.717) is 13.2 Å². The van der Waals surface area contributed by atoms with Crippen LogP contribution in [0, 0.1) is 0 Å². The standard InChI is InChI=1S/C20H27N3O3/c1-25-19-5-7-20(8-6-19)26-16-18(24)15-23-12-10-22(11-13-23)14-17-4-2-3-9-21-17/h2-9,18,24H,10-16H2,1H3/t18-/m1/s1. The summed E-state index contributed by atoms with van der Waals surface area (Å²) < 4.78 is 10.8. The van der Waals surface area contributed by atoms with Gasteiger partial charge < -0.3 is 14.6 Å². The number of aliphatic hydroxyl groups excluding tert-OH is 1. The number of aliphatic hydroxyl groups is 1. The summed E-state index contributed by atoms with van der Waals surface area (Å²) in [7, 11) is 1.63. The van der Waals surface area contributed by atoms with Gasteiger partial charge in [-0.15, -0.1) is 0 Å². The van der Waals surface area contributed by atoms with Gasteiger partial charge in [0.15, 0.2) is 0 Å². The van der Waals surface area contributed by atoms with Crippen molar-refractivity contribution in [3.8, 4) is 11.5 Å². The number of nitrogens with zero attached hydrogens (tertiary/aromatic N) is 3. The molecule has 0 spiro atoms.